The highest BCUT2D eigenvalue weighted by molar-refractivity contribution is 5.57. The summed E-state index contributed by atoms with van der Waals surface area (Å²) >= 11 is 0. The number of imidazole rings is 1. The summed E-state index contributed by atoms with van der Waals surface area (Å²) in [5.74, 6) is -1.49. The Morgan fingerprint density at radius 2 is 1.64 bits per heavy atom. The Kier molecular flexibility index (Phi) is 3.93. The Balaban J connectivity index is 1.69. The molecule has 1 aromatic carbocycles. The number of hydrogen-bond acceptors (Lipinski definition) is 1. The van der Waals surface area contributed by atoms with Crippen molar-refractivity contribution in [2.24, 2.45) is 5.92 Å². The van der Waals surface area contributed by atoms with Crippen LogP contribution in [0.25, 0.3) is 11.3 Å². The lowest BCUT2D eigenvalue weighted by atomic mass is 9.85. The minimum absolute atomic E-state index is 0.0558. The van der Waals surface area contributed by atoms with Gasteiger partial charge in [-0.05, 0) is 49.9 Å². The quantitative estimate of drug-likeness (QED) is 0.715. The average molecular weight is 312 g/mol. The smallest absolute Gasteiger partial charge is 0.334 e. The van der Waals surface area contributed by atoms with Crippen LogP contribution in [0.3, 0.4) is 0 Å². The van der Waals surface area contributed by atoms with Gasteiger partial charge in [0.15, 0.2) is 0 Å². The van der Waals surface area contributed by atoms with Crippen LogP contribution in [0.1, 0.15) is 31.7 Å². The van der Waals surface area contributed by atoms with Crippen molar-refractivity contribution < 1.29 is 17.6 Å². The highest BCUT2D eigenvalue weighted by Gasteiger charge is 2.41. The zero-order chi connectivity index (χ0) is 15.7. The monoisotopic (exact) mass is 312 g/mol. The van der Waals surface area contributed by atoms with E-state index in [1.807, 2.05) is 10.8 Å². The van der Waals surface area contributed by atoms with Crippen LogP contribution in [0.15, 0.2) is 36.8 Å². The molecule has 1 aliphatic carbocycles. The zero-order valence-electron chi connectivity index (χ0n) is 11.9. The molecule has 1 aliphatic rings. The third-order valence-electron chi connectivity index (χ3n) is 4.32. The topological polar surface area (TPSA) is 17.8 Å². The van der Waals surface area contributed by atoms with Gasteiger partial charge in [-0.3, -0.25) is 0 Å². The van der Waals surface area contributed by atoms with E-state index in [2.05, 4.69) is 4.98 Å². The standard InChI is InChI=1S/C16H16F4N2/c17-13-5-1-11(2-6-13)15-9-22(10-21-15)14-7-3-12(4-8-14)16(18,19)20/h1-2,5-6,9-10,12,14H,3-4,7-8H2. The summed E-state index contributed by atoms with van der Waals surface area (Å²) in [6, 6.07) is 6.07. The van der Waals surface area contributed by atoms with Crippen molar-refractivity contribution in [3.8, 4) is 11.3 Å². The van der Waals surface area contributed by atoms with Crippen molar-refractivity contribution in [3.05, 3.63) is 42.6 Å². The molecule has 2 nitrogen and oxygen atoms in total. The number of halogens is 4. The van der Waals surface area contributed by atoms with E-state index in [1.54, 1.807) is 18.5 Å². The van der Waals surface area contributed by atoms with Gasteiger partial charge in [-0.1, -0.05) is 0 Å². The highest BCUT2D eigenvalue weighted by Crippen LogP contribution is 2.41. The largest absolute Gasteiger partial charge is 0.391 e. The number of aromatic nitrogens is 2. The Morgan fingerprint density at radius 1 is 1.00 bits per heavy atom. The van der Waals surface area contributed by atoms with Gasteiger partial charge in [0.2, 0.25) is 0 Å². The molecule has 0 amide bonds. The van der Waals surface area contributed by atoms with Crippen molar-refractivity contribution in [1.29, 1.82) is 0 Å². The maximum atomic E-state index is 12.9. The number of rotatable bonds is 2. The summed E-state index contributed by atoms with van der Waals surface area (Å²) in [6.07, 6.45) is 0.728. The fourth-order valence-corrected chi connectivity index (χ4v) is 3.01. The van der Waals surface area contributed by atoms with Gasteiger partial charge in [0.25, 0.3) is 0 Å². The first kappa shape index (κ1) is 15.1. The van der Waals surface area contributed by atoms with Crippen molar-refractivity contribution in [2.75, 3.05) is 0 Å². The van der Waals surface area contributed by atoms with Crippen LogP contribution in [-0.4, -0.2) is 15.7 Å². The van der Waals surface area contributed by atoms with Gasteiger partial charge in [-0.25, -0.2) is 9.37 Å². The van der Waals surface area contributed by atoms with Crippen molar-refractivity contribution in [2.45, 2.75) is 37.9 Å². The normalized spacial score (nSPS) is 22.7. The first-order chi connectivity index (χ1) is 10.4. The fourth-order valence-electron chi connectivity index (χ4n) is 3.01. The SMILES string of the molecule is Fc1ccc(-c2cn(C3CCC(C(F)(F)F)CC3)cn2)cc1. The molecule has 0 aliphatic heterocycles. The highest BCUT2D eigenvalue weighted by atomic mass is 19.4. The number of hydrogen-bond donors (Lipinski definition) is 0. The fraction of sp³-hybridized carbons (Fsp3) is 0.438. The molecule has 1 heterocycles. The van der Waals surface area contributed by atoms with Crippen LogP contribution >= 0.6 is 0 Å². The Hall–Kier alpha value is -1.85. The molecule has 1 aromatic heterocycles. The maximum absolute atomic E-state index is 12.9. The van der Waals surface area contributed by atoms with Crippen LogP contribution in [0.2, 0.25) is 0 Å². The van der Waals surface area contributed by atoms with E-state index in [4.69, 9.17) is 0 Å². The van der Waals surface area contributed by atoms with Crippen molar-refractivity contribution in [3.63, 3.8) is 0 Å². The van der Waals surface area contributed by atoms with Crippen LogP contribution in [0.4, 0.5) is 17.6 Å². The van der Waals surface area contributed by atoms with E-state index in [1.165, 1.54) is 12.1 Å². The lowest BCUT2D eigenvalue weighted by Crippen LogP contribution is -2.28. The molecule has 0 unspecified atom stereocenters. The van der Waals surface area contributed by atoms with Crippen LogP contribution < -0.4 is 0 Å². The molecule has 118 valence electrons. The lowest BCUT2D eigenvalue weighted by Gasteiger charge is -2.30. The molecular weight excluding hydrogens is 296 g/mol. The van der Waals surface area contributed by atoms with Gasteiger partial charge in [0.05, 0.1) is 17.9 Å². The molecule has 3 rings (SSSR count). The third kappa shape index (κ3) is 3.15. The van der Waals surface area contributed by atoms with E-state index >= 15 is 0 Å². The molecular formula is C16H16F4N2. The predicted molar refractivity (Wildman–Crippen MR) is 74.7 cm³/mol. The minimum Gasteiger partial charge on any atom is -0.334 e. The van der Waals surface area contributed by atoms with Gasteiger partial charge in [-0.15, -0.1) is 0 Å². The summed E-state index contributed by atoms with van der Waals surface area (Å²) in [7, 11) is 0. The number of nitrogens with zero attached hydrogens (tertiary/aromatic N) is 2. The van der Waals surface area contributed by atoms with E-state index < -0.39 is 12.1 Å². The third-order valence-corrected chi connectivity index (χ3v) is 4.32. The van der Waals surface area contributed by atoms with Crippen LogP contribution in [0.5, 0.6) is 0 Å². The van der Waals surface area contributed by atoms with Crippen LogP contribution in [-0.2, 0) is 0 Å². The average Bonchev–Trinajstić information content (AvgIpc) is 2.97. The summed E-state index contributed by atoms with van der Waals surface area (Å²) in [5.41, 5.74) is 1.50. The predicted octanol–water partition coefficient (Wildman–Crippen LogP) is 4.98. The van der Waals surface area contributed by atoms with Crippen LogP contribution in [0, 0.1) is 11.7 Å². The Morgan fingerprint density at radius 3 is 2.23 bits per heavy atom. The molecule has 0 atom stereocenters. The second-order valence-electron chi connectivity index (χ2n) is 5.76. The van der Waals surface area contributed by atoms with Gasteiger partial charge < -0.3 is 4.57 Å². The van der Waals surface area contributed by atoms with E-state index in [0.717, 1.165) is 5.56 Å². The lowest BCUT2D eigenvalue weighted by molar-refractivity contribution is -0.183. The molecule has 0 saturated heterocycles. The van der Waals surface area contributed by atoms with Gasteiger partial charge in [0.1, 0.15) is 5.82 Å². The first-order valence-electron chi connectivity index (χ1n) is 7.29. The molecule has 0 radical (unpaired) electrons. The maximum Gasteiger partial charge on any atom is 0.391 e. The second kappa shape index (κ2) is 5.74. The molecule has 2 aromatic rings. The van der Waals surface area contributed by atoms with E-state index in [-0.39, 0.29) is 24.7 Å². The first-order valence-corrected chi connectivity index (χ1v) is 7.29. The molecule has 1 saturated carbocycles. The Labute approximate surface area is 125 Å². The van der Waals surface area contributed by atoms with Crippen molar-refractivity contribution in [1.82, 2.24) is 9.55 Å². The Bertz CT molecular complexity index is 622. The minimum atomic E-state index is -4.08. The molecule has 0 spiro atoms. The molecule has 22 heavy (non-hydrogen) atoms. The number of alkyl halides is 3. The summed E-state index contributed by atoms with van der Waals surface area (Å²) in [4.78, 5) is 4.28. The molecule has 6 heteroatoms. The van der Waals surface area contributed by atoms with Gasteiger partial charge in [-0.2, -0.15) is 13.2 Å². The van der Waals surface area contributed by atoms with Gasteiger partial charge in [0, 0.05) is 17.8 Å². The van der Waals surface area contributed by atoms with E-state index in [0.29, 0.717) is 18.5 Å². The number of benzene rings is 1. The second-order valence-corrected chi connectivity index (χ2v) is 5.76. The molecule has 0 N–H and O–H groups in total. The van der Waals surface area contributed by atoms with Gasteiger partial charge >= 0.3 is 6.18 Å². The van der Waals surface area contributed by atoms with Crippen molar-refractivity contribution >= 4 is 0 Å². The summed E-state index contributed by atoms with van der Waals surface area (Å²) in [5, 5.41) is 0. The van der Waals surface area contributed by atoms with E-state index in [9.17, 15) is 17.6 Å². The molecule has 1 fully saturated rings. The summed E-state index contributed by atoms with van der Waals surface area (Å²) in [6.45, 7) is 0. The zero-order valence-corrected chi connectivity index (χ0v) is 11.9. The molecule has 0 bridgehead atoms. The summed E-state index contributed by atoms with van der Waals surface area (Å²) < 4.78 is 52.8.